The highest BCUT2D eigenvalue weighted by molar-refractivity contribution is 5.84. The van der Waals surface area contributed by atoms with Gasteiger partial charge < -0.3 is 5.11 Å². The summed E-state index contributed by atoms with van der Waals surface area (Å²) < 4.78 is 1.53. The Labute approximate surface area is 111 Å². The van der Waals surface area contributed by atoms with Crippen LogP contribution in [-0.2, 0) is 13.0 Å². The summed E-state index contributed by atoms with van der Waals surface area (Å²) in [5, 5.41) is 16.1. The predicted molar refractivity (Wildman–Crippen MR) is 71.1 cm³/mol. The molecule has 0 aliphatic carbocycles. The molecule has 0 atom stereocenters. The first-order valence-corrected chi connectivity index (χ1v) is 6.40. The average Bonchev–Trinajstić information content (AvgIpc) is 2.87. The van der Waals surface area contributed by atoms with Crippen molar-refractivity contribution in [1.82, 2.24) is 15.0 Å². The van der Waals surface area contributed by atoms with Crippen LogP contribution in [0.1, 0.15) is 41.4 Å². The van der Waals surface area contributed by atoms with Gasteiger partial charge in [-0.05, 0) is 24.0 Å². The molecule has 0 unspecified atom stereocenters. The molecular weight excluding hydrogens is 242 g/mol. The SMILES string of the molecule is CCCCc1ccc(Cn2cc(C(=O)O)nn2)cc1. The van der Waals surface area contributed by atoms with Gasteiger partial charge in [-0.2, -0.15) is 0 Å². The molecule has 0 spiro atoms. The lowest BCUT2D eigenvalue weighted by Crippen LogP contribution is -2.00. The van der Waals surface area contributed by atoms with E-state index in [-0.39, 0.29) is 5.69 Å². The Morgan fingerprint density at radius 1 is 1.26 bits per heavy atom. The third-order valence-electron chi connectivity index (χ3n) is 2.94. The van der Waals surface area contributed by atoms with Crippen molar-refractivity contribution >= 4 is 5.97 Å². The summed E-state index contributed by atoms with van der Waals surface area (Å²) in [4.78, 5) is 10.7. The molecule has 1 heterocycles. The van der Waals surface area contributed by atoms with E-state index in [4.69, 9.17) is 5.11 Å². The lowest BCUT2D eigenvalue weighted by Gasteiger charge is -2.03. The maximum Gasteiger partial charge on any atom is 0.358 e. The van der Waals surface area contributed by atoms with Gasteiger partial charge in [-0.25, -0.2) is 9.48 Å². The van der Waals surface area contributed by atoms with E-state index in [2.05, 4.69) is 29.4 Å². The molecule has 0 saturated carbocycles. The van der Waals surface area contributed by atoms with Gasteiger partial charge in [-0.3, -0.25) is 0 Å². The fraction of sp³-hybridized carbons (Fsp3) is 0.357. The molecule has 0 fully saturated rings. The van der Waals surface area contributed by atoms with Crippen LogP contribution in [0.5, 0.6) is 0 Å². The Morgan fingerprint density at radius 3 is 2.53 bits per heavy atom. The van der Waals surface area contributed by atoms with E-state index in [1.807, 2.05) is 12.1 Å². The molecule has 1 N–H and O–H groups in total. The van der Waals surface area contributed by atoms with Crippen LogP contribution in [-0.4, -0.2) is 26.1 Å². The molecule has 2 rings (SSSR count). The number of aromatic carboxylic acids is 1. The van der Waals surface area contributed by atoms with Crippen LogP contribution in [0.15, 0.2) is 30.5 Å². The number of rotatable bonds is 6. The van der Waals surface area contributed by atoms with Crippen molar-refractivity contribution in [2.75, 3.05) is 0 Å². The third-order valence-corrected chi connectivity index (χ3v) is 2.94. The lowest BCUT2D eigenvalue weighted by atomic mass is 10.1. The first-order valence-electron chi connectivity index (χ1n) is 6.40. The van der Waals surface area contributed by atoms with Crippen molar-refractivity contribution in [3.8, 4) is 0 Å². The Bertz CT molecular complexity index is 546. The Balaban J connectivity index is 2.00. The second kappa shape index (κ2) is 6.13. The summed E-state index contributed by atoms with van der Waals surface area (Å²) in [6, 6.07) is 8.32. The van der Waals surface area contributed by atoms with Crippen molar-refractivity contribution in [3.63, 3.8) is 0 Å². The van der Waals surface area contributed by atoms with Gasteiger partial charge in [0.15, 0.2) is 5.69 Å². The maximum absolute atomic E-state index is 10.7. The van der Waals surface area contributed by atoms with Crippen LogP contribution in [0, 0.1) is 0 Å². The van der Waals surface area contributed by atoms with Crippen LogP contribution < -0.4 is 0 Å². The van der Waals surface area contributed by atoms with Crippen molar-refractivity contribution in [3.05, 3.63) is 47.3 Å². The average molecular weight is 259 g/mol. The van der Waals surface area contributed by atoms with Crippen molar-refractivity contribution in [2.45, 2.75) is 32.7 Å². The number of carboxylic acid groups (broad SMARTS) is 1. The number of aromatic nitrogens is 3. The van der Waals surface area contributed by atoms with Gasteiger partial charge >= 0.3 is 5.97 Å². The molecule has 0 aliphatic heterocycles. The van der Waals surface area contributed by atoms with E-state index < -0.39 is 5.97 Å². The van der Waals surface area contributed by atoms with Crippen LogP contribution >= 0.6 is 0 Å². The number of hydrogen-bond acceptors (Lipinski definition) is 3. The molecule has 0 radical (unpaired) electrons. The molecule has 1 aromatic heterocycles. The topological polar surface area (TPSA) is 68.0 Å². The second-order valence-corrected chi connectivity index (χ2v) is 4.53. The van der Waals surface area contributed by atoms with Gasteiger partial charge in [0.25, 0.3) is 0 Å². The minimum atomic E-state index is -1.05. The Kier molecular flexibility index (Phi) is 4.28. The fourth-order valence-electron chi connectivity index (χ4n) is 1.85. The standard InChI is InChI=1S/C14H17N3O2/c1-2-3-4-11-5-7-12(8-6-11)9-17-10-13(14(18)19)15-16-17/h5-8,10H,2-4,9H2,1H3,(H,18,19). The molecule has 19 heavy (non-hydrogen) atoms. The molecule has 5 nitrogen and oxygen atoms in total. The summed E-state index contributed by atoms with van der Waals surface area (Å²) >= 11 is 0. The zero-order valence-corrected chi connectivity index (χ0v) is 10.9. The van der Waals surface area contributed by atoms with E-state index in [1.54, 1.807) is 0 Å². The lowest BCUT2D eigenvalue weighted by molar-refractivity contribution is 0.0690. The predicted octanol–water partition coefficient (Wildman–Crippen LogP) is 2.37. The molecule has 0 amide bonds. The molecule has 100 valence electrons. The minimum Gasteiger partial charge on any atom is -0.476 e. The summed E-state index contributed by atoms with van der Waals surface area (Å²) in [5.74, 6) is -1.05. The summed E-state index contributed by atoms with van der Waals surface area (Å²) in [6.07, 6.45) is 4.93. The normalized spacial score (nSPS) is 10.6. The van der Waals surface area contributed by atoms with E-state index in [0.29, 0.717) is 6.54 Å². The molecule has 0 aliphatic rings. The van der Waals surface area contributed by atoms with Crippen LogP contribution in [0.4, 0.5) is 0 Å². The summed E-state index contributed by atoms with van der Waals surface area (Å²) in [7, 11) is 0. The maximum atomic E-state index is 10.7. The number of carboxylic acids is 1. The van der Waals surface area contributed by atoms with Gasteiger partial charge in [-0.1, -0.05) is 42.8 Å². The molecule has 0 bridgehead atoms. The fourth-order valence-corrected chi connectivity index (χ4v) is 1.85. The van der Waals surface area contributed by atoms with E-state index in [0.717, 1.165) is 12.0 Å². The largest absolute Gasteiger partial charge is 0.476 e. The molecule has 2 aromatic rings. The summed E-state index contributed by atoms with van der Waals surface area (Å²) in [5.41, 5.74) is 2.39. The second-order valence-electron chi connectivity index (χ2n) is 4.53. The first kappa shape index (κ1) is 13.3. The van der Waals surface area contributed by atoms with Crippen molar-refractivity contribution in [1.29, 1.82) is 0 Å². The zero-order chi connectivity index (χ0) is 13.7. The van der Waals surface area contributed by atoms with Crippen LogP contribution in [0.2, 0.25) is 0 Å². The van der Waals surface area contributed by atoms with Crippen LogP contribution in [0.25, 0.3) is 0 Å². The molecule has 5 heteroatoms. The smallest absolute Gasteiger partial charge is 0.358 e. The monoisotopic (exact) mass is 259 g/mol. The highest BCUT2D eigenvalue weighted by atomic mass is 16.4. The van der Waals surface area contributed by atoms with Gasteiger partial charge in [0.05, 0.1) is 12.7 Å². The quantitative estimate of drug-likeness (QED) is 0.864. The van der Waals surface area contributed by atoms with Crippen molar-refractivity contribution in [2.24, 2.45) is 0 Å². The number of aryl methyl sites for hydroxylation is 1. The Hall–Kier alpha value is -2.17. The number of benzene rings is 1. The van der Waals surface area contributed by atoms with Gasteiger partial charge in [0.1, 0.15) is 0 Å². The minimum absolute atomic E-state index is 0.0282. The van der Waals surface area contributed by atoms with E-state index >= 15 is 0 Å². The highest BCUT2D eigenvalue weighted by Gasteiger charge is 2.08. The molecular formula is C14H17N3O2. The van der Waals surface area contributed by atoms with Gasteiger partial charge in [0.2, 0.25) is 0 Å². The molecule has 1 aromatic carbocycles. The van der Waals surface area contributed by atoms with Crippen molar-refractivity contribution < 1.29 is 9.90 Å². The highest BCUT2D eigenvalue weighted by Crippen LogP contribution is 2.09. The third kappa shape index (κ3) is 3.64. The van der Waals surface area contributed by atoms with E-state index in [1.165, 1.54) is 29.3 Å². The van der Waals surface area contributed by atoms with E-state index in [9.17, 15) is 4.79 Å². The zero-order valence-electron chi connectivity index (χ0n) is 10.9. The number of carbonyl (C=O) groups is 1. The van der Waals surface area contributed by atoms with Crippen LogP contribution in [0.3, 0.4) is 0 Å². The number of hydrogen-bond donors (Lipinski definition) is 1. The molecule has 0 saturated heterocycles. The summed E-state index contributed by atoms with van der Waals surface area (Å²) in [6.45, 7) is 2.72. The van der Waals surface area contributed by atoms with Gasteiger partial charge in [0, 0.05) is 0 Å². The Morgan fingerprint density at radius 2 is 1.95 bits per heavy atom. The first-order chi connectivity index (χ1) is 9.19. The number of unbranched alkanes of at least 4 members (excludes halogenated alkanes) is 1. The number of nitrogens with zero attached hydrogens (tertiary/aromatic N) is 3. The van der Waals surface area contributed by atoms with Gasteiger partial charge in [-0.15, -0.1) is 5.10 Å².